The van der Waals surface area contributed by atoms with Gasteiger partial charge in [0.25, 0.3) is 0 Å². The van der Waals surface area contributed by atoms with E-state index in [2.05, 4.69) is 13.0 Å². The molecular weight excluding hydrogens is 262 g/mol. The molecule has 1 unspecified atom stereocenters. The van der Waals surface area contributed by atoms with E-state index in [-0.39, 0.29) is 6.04 Å². The monoisotopic (exact) mass is 285 g/mol. The van der Waals surface area contributed by atoms with Gasteiger partial charge in [-0.2, -0.15) is 0 Å². The summed E-state index contributed by atoms with van der Waals surface area (Å²) in [5.41, 5.74) is 9.39. The van der Waals surface area contributed by atoms with Crippen molar-refractivity contribution in [1.29, 1.82) is 0 Å². The molecule has 0 radical (unpaired) electrons. The Morgan fingerprint density at radius 3 is 2.19 bits per heavy atom. The minimum Gasteiger partial charge on any atom is -0.493 e. The Kier molecular flexibility index (Phi) is 4.86. The molecule has 21 heavy (non-hydrogen) atoms. The van der Waals surface area contributed by atoms with Crippen molar-refractivity contribution in [2.45, 2.75) is 33.2 Å². The van der Waals surface area contributed by atoms with E-state index in [0.29, 0.717) is 0 Å². The normalized spacial score (nSPS) is 12.0. The van der Waals surface area contributed by atoms with Gasteiger partial charge in [-0.1, -0.05) is 23.8 Å². The van der Waals surface area contributed by atoms with Crippen LogP contribution in [-0.4, -0.2) is 13.2 Å². The third-order valence-corrected chi connectivity index (χ3v) is 3.30. The van der Waals surface area contributed by atoms with Crippen LogP contribution in [0.2, 0.25) is 0 Å². The van der Waals surface area contributed by atoms with E-state index >= 15 is 0 Å². The number of ether oxygens (including phenoxy) is 2. The number of hydrogen-bond acceptors (Lipinski definition) is 3. The summed E-state index contributed by atoms with van der Waals surface area (Å²) in [5, 5.41) is 0. The van der Waals surface area contributed by atoms with E-state index in [1.165, 1.54) is 5.56 Å². The molecule has 0 aliphatic carbocycles. The molecule has 2 aromatic carbocycles. The molecule has 112 valence electrons. The zero-order valence-electron chi connectivity index (χ0n) is 13.1. The lowest BCUT2D eigenvalue weighted by molar-refractivity contribution is 0.377. The Bertz CT molecular complexity index is 621. The average molecular weight is 285 g/mol. The molecule has 0 heterocycles. The average Bonchev–Trinajstić information content (AvgIpc) is 2.42. The highest BCUT2D eigenvalue weighted by molar-refractivity contribution is 5.47. The van der Waals surface area contributed by atoms with Gasteiger partial charge in [-0.3, -0.25) is 0 Å². The lowest BCUT2D eigenvalue weighted by Gasteiger charge is -2.16. The Balaban J connectivity index is 2.35. The molecule has 0 saturated heterocycles. The van der Waals surface area contributed by atoms with Crippen LogP contribution in [0, 0.1) is 13.8 Å². The van der Waals surface area contributed by atoms with Gasteiger partial charge in [-0.25, -0.2) is 0 Å². The maximum atomic E-state index is 6.06. The van der Waals surface area contributed by atoms with Gasteiger partial charge in [-0.15, -0.1) is 0 Å². The molecule has 0 spiro atoms. The summed E-state index contributed by atoms with van der Waals surface area (Å²) in [4.78, 5) is 0. The van der Waals surface area contributed by atoms with E-state index in [4.69, 9.17) is 15.2 Å². The maximum absolute atomic E-state index is 6.06. The minimum absolute atomic E-state index is 0.0917. The lowest BCUT2D eigenvalue weighted by atomic mass is 10.0. The second-order valence-corrected chi connectivity index (χ2v) is 5.55. The van der Waals surface area contributed by atoms with Gasteiger partial charge in [0.2, 0.25) is 0 Å². The SMILES string of the molecule is COc1cc(C)ccc1Oc1ccc(C)cc1CC(C)N. The van der Waals surface area contributed by atoms with Gasteiger partial charge in [0.1, 0.15) is 5.75 Å². The topological polar surface area (TPSA) is 44.5 Å². The summed E-state index contributed by atoms with van der Waals surface area (Å²) in [5.74, 6) is 2.29. The molecule has 0 aliphatic heterocycles. The Labute approximate surface area is 126 Å². The predicted molar refractivity (Wildman–Crippen MR) is 86.3 cm³/mol. The van der Waals surface area contributed by atoms with Gasteiger partial charge < -0.3 is 15.2 Å². The van der Waals surface area contributed by atoms with Crippen molar-refractivity contribution in [3.05, 3.63) is 53.1 Å². The number of aryl methyl sites for hydroxylation is 2. The number of hydrogen-bond donors (Lipinski definition) is 1. The van der Waals surface area contributed by atoms with Crippen LogP contribution < -0.4 is 15.2 Å². The first kappa shape index (κ1) is 15.4. The van der Waals surface area contributed by atoms with Crippen LogP contribution in [0.4, 0.5) is 0 Å². The first-order chi connectivity index (χ1) is 9.99. The van der Waals surface area contributed by atoms with Crippen LogP contribution >= 0.6 is 0 Å². The van der Waals surface area contributed by atoms with Crippen LogP contribution in [0.1, 0.15) is 23.6 Å². The minimum atomic E-state index is 0.0917. The standard InChI is InChI=1S/C18H23NO2/c1-12-5-7-16(15(9-12)11-14(3)19)21-17-8-6-13(2)10-18(17)20-4/h5-10,14H,11,19H2,1-4H3. The maximum Gasteiger partial charge on any atom is 0.169 e. The third-order valence-electron chi connectivity index (χ3n) is 3.30. The van der Waals surface area contributed by atoms with E-state index in [1.54, 1.807) is 7.11 Å². The molecule has 3 nitrogen and oxygen atoms in total. The number of methoxy groups -OCH3 is 1. The van der Waals surface area contributed by atoms with E-state index < -0.39 is 0 Å². The Morgan fingerprint density at radius 1 is 0.952 bits per heavy atom. The molecule has 2 N–H and O–H groups in total. The van der Waals surface area contributed by atoms with Crippen LogP contribution in [-0.2, 0) is 6.42 Å². The van der Waals surface area contributed by atoms with Crippen LogP contribution in [0.15, 0.2) is 36.4 Å². The van der Waals surface area contributed by atoms with Gasteiger partial charge >= 0.3 is 0 Å². The molecule has 0 amide bonds. The highest BCUT2D eigenvalue weighted by Gasteiger charge is 2.11. The Hall–Kier alpha value is -2.00. The highest BCUT2D eigenvalue weighted by atomic mass is 16.5. The molecule has 0 aliphatic rings. The first-order valence-electron chi connectivity index (χ1n) is 7.17. The molecule has 3 heteroatoms. The second-order valence-electron chi connectivity index (χ2n) is 5.55. The van der Waals surface area contributed by atoms with E-state index in [9.17, 15) is 0 Å². The predicted octanol–water partition coefficient (Wildman–Crippen LogP) is 3.99. The molecule has 2 aromatic rings. The molecule has 0 aromatic heterocycles. The largest absolute Gasteiger partial charge is 0.493 e. The van der Waals surface area contributed by atoms with Crippen LogP contribution in [0.3, 0.4) is 0 Å². The van der Waals surface area contributed by atoms with Gasteiger partial charge in [0.05, 0.1) is 7.11 Å². The third kappa shape index (κ3) is 3.99. The second kappa shape index (κ2) is 6.64. The van der Waals surface area contributed by atoms with Crippen molar-refractivity contribution in [3.63, 3.8) is 0 Å². The van der Waals surface area contributed by atoms with Crippen molar-refractivity contribution in [3.8, 4) is 17.2 Å². The fraction of sp³-hybridized carbons (Fsp3) is 0.333. The summed E-state index contributed by atoms with van der Waals surface area (Å²) in [7, 11) is 1.65. The van der Waals surface area contributed by atoms with Crippen molar-refractivity contribution in [1.82, 2.24) is 0 Å². The summed E-state index contributed by atoms with van der Waals surface area (Å²) in [6.07, 6.45) is 0.783. The Morgan fingerprint density at radius 2 is 1.57 bits per heavy atom. The summed E-state index contributed by atoms with van der Waals surface area (Å²) in [6.45, 7) is 6.10. The van der Waals surface area contributed by atoms with Gasteiger partial charge in [0.15, 0.2) is 11.5 Å². The summed E-state index contributed by atoms with van der Waals surface area (Å²) >= 11 is 0. The van der Waals surface area contributed by atoms with Gasteiger partial charge in [0, 0.05) is 6.04 Å². The van der Waals surface area contributed by atoms with Gasteiger partial charge in [-0.05, 0) is 56.5 Å². The van der Waals surface area contributed by atoms with E-state index in [0.717, 1.165) is 34.8 Å². The molecule has 2 rings (SSSR count). The molecule has 0 bridgehead atoms. The zero-order chi connectivity index (χ0) is 15.4. The molecule has 1 atom stereocenters. The summed E-state index contributed by atoms with van der Waals surface area (Å²) in [6, 6.07) is 12.2. The molecule has 0 fully saturated rings. The molecule has 0 saturated carbocycles. The van der Waals surface area contributed by atoms with Crippen molar-refractivity contribution >= 4 is 0 Å². The quantitative estimate of drug-likeness (QED) is 0.903. The van der Waals surface area contributed by atoms with Crippen molar-refractivity contribution < 1.29 is 9.47 Å². The van der Waals surface area contributed by atoms with Crippen LogP contribution in [0.5, 0.6) is 17.2 Å². The number of rotatable bonds is 5. The fourth-order valence-corrected chi connectivity index (χ4v) is 2.29. The molecular formula is C18H23NO2. The van der Waals surface area contributed by atoms with Crippen LogP contribution in [0.25, 0.3) is 0 Å². The zero-order valence-corrected chi connectivity index (χ0v) is 13.1. The smallest absolute Gasteiger partial charge is 0.169 e. The lowest BCUT2D eigenvalue weighted by Crippen LogP contribution is -2.18. The van der Waals surface area contributed by atoms with Crippen molar-refractivity contribution in [2.75, 3.05) is 7.11 Å². The number of nitrogens with two attached hydrogens (primary N) is 1. The fourth-order valence-electron chi connectivity index (χ4n) is 2.29. The summed E-state index contributed by atoms with van der Waals surface area (Å²) < 4.78 is 11.5. The first-order valence-corrected chi connectivity index (χ1v) is 7.17. The van der Waals surface area contributed by atoms with Crippen molar-refractivity contribution in [2.24, 2.45) is 5.73 Å². The highest BCUT2D eigenvalue weighted by Crippen LogP contribution is 2.34. The number of benzene rings is 2. The van der Waals surface area contributed by atoms with E-state index in [1.807, 2.05) is 44.2 Å².